The molecule has 0 amide bonds. The molecule has 0 spiro atoms. The van der Waals surface area contributed by atoms with Gasteiger partial charge in [0.15, 0.2) is 0 Å². The van der Waals surface area contributed by atoms with Crippen LogP contribution in [-0.4, -0.2) is 36.6 Å². The fourth-order valence-electron chi connectivity index (χ4n) is 3.72. The minimum Gasteiger partial charge on any atom is -0.496 e. The lowest BCUT2D eigenvalue weighted by atomic mass is 10.00. The van der Waals surface area contributed by atoms with E-state index in [0.717, 1.165) is 36.2 Å². The van der Waals surface area contributed by atoms with Gasteiger partial charge in [0.05, 0.1) is 23.7 Å². The first-order chi connectivity index (χ1) is 10.8. The van der Waals surface area contributed by atoms with Gasteiger partial charge >= 0.3 is 0 Å². The first-order valence-electron chi connectivity index (χ1n) is 8.30. The maximum absolute atomic E-state index is 5.70. The third-order valence-corrected chi connectivity index (χ3v) is 4.82. The minimum absolute atomic E-state index is 0.949. The van der Waals surface area contributed by atoms with E-state index in [4.69, 9.17) is 9.72 Å². The minimum atomic E-state index is 0.949. The maximum atomic E-state index is 5.70. The van der Waals surface area contributed by atoms with Gasteiger partial charge in [0.2, 0.25) is 0 Å². The van der Waals surface area contributed by atoms with Gasteiger partial charge in [-0.1, -0.05) is 0 Å². The lowest BCUT2D eigenvalue weighted by Crippen LogP contribution is -2.18. The molecular formula is C18H23N3O. The first-order valence-corrected chi connectivity index (χ1v) is 8.30. The molecule has 22 heavy (non-hydrogen) atoms. The summed E-state index contributed by atoms with van der Waals surface area (Å²) in [5, 5.41) is 4.69. The highest BCUT2D eigenvalue weighted by Gasteiger charge is 2.18. The topological polar surface area (TPSA) is 37.4 Å². The summed E-state index contributed by atoms with van der Waals surface area (Å²) in [5.74, 6) is 0.949. The highest BCUT2D eigenvalue weighted by Crippen LogP contribution is 2.37. The van der Waals surface area contributed by atoms with Crippen LogP contribution in [0.4, 0.5) is 5.69 Å². The monoisotopic (exact) mass is 297 g/mol. The largest absolute Gasteiger partial charge is 0.496 e. The number of nitrogens with zero attached hydrogens (tertiary/aromatic N) is 2. The van der Waals surface area contributed by atoms with E-state index in [2.05, 4.69) is 22.3 Å². The predicted molar refractivity (Wildman–Crippen MR) is 89.6 cm³/mol. The zero-order valence-electron chi connectivity index (χ0n) is 13.2. The first kappa shape index (κ1) is 13.8. The molecule has 1 aromatic heterocycles. The van der Waals surface area contributed by atoms with Crippen LogP contribution in [-0.2, 0) is 13.0 Å². The number of pyridine rings is 1. The van der Waals surface area contributed by atoms with Crippen molar-refractivity contribution in [1.29, 1.82) is 0 Å². The Hall–Kier alpha value is -1.81. The lowest BCUT2D eigenvalue weighted by Gasteiger charge is -2.22. The molecule has 116 valence electrons. The highest BCUT2D eigenvalue weighted by atomic mass is 16.5. The Balaban J connectivity index is 1.79. The van der Waals surface area contributed by atoms with Gasteiger partial charge in [0.1, 0.15) is 5.75 Å². The van der Waals surface area contributed by atoms with Crippen molar-refractivity contribution >= 4 is 16.6 Å². The molecule has 0 aliphatic carbocycles. The number of methoxy groups -OCH3 is 1. The van der Waals surface area contributed by atoms with Gasteiger partial charge in [-0.2, -0.15) is 0 Å². The molecular weight excluding hydrogens is 274 g/mol. The molecule has 1 fully saturated rings. The summed E-state index contributed by atoms with van der Waals surface area (Å²) in [6, 6.07) is 4.42. The highest BCUT2D eigenvalue weighted by molar-refractivity contribution is 5.98. The van der Waals surface area contributed by atoms with Crippen molar-refractivity contribution in [2.24, 2.45) is 0 Å². The molecule has 3 heterocycles. The van der Waals surface area contributed by atoms with Gasteiger partial charge < -0.3 is 10.1 Å². The smallest absolute Gasteiger partial charge is 0.130 e. The Kier molecular flexibility index (Phi) is 3.62. The van der Waals surface area contributed by atoms with Crippen LogP contribution in [0.3, 0.4) is 0 Å². The van der Waals surface area contributed by atoms with Gasteiger partial charge in [-0.05, 0) is 62.0 Å². The SMILES string of the molecule is COc1cc(CN2CCCC2)cc2ncc3c(c12)NCCC3. The number of hydrogen-bond donors (Lipinski definition) is 1. The van der Waals surface area contributed by atoms with Crippen molar-refractivity contribution in [2.45, 2.75) is 32.2 Å². The third-order valence-electron chi connectivity index (χ3n) is 4.82. The zero-order valence-corrected chi connectivity index (χ0v) is 13.2. The summed E-state index contributed by atoms with van der Waals surface area (Å²) in [5.41, 5.74) is 4.88. The molecule has 2 aliphatic heterocycles. The Morgan fingerprint density at radius 1 is 1.23 bits per heavy atom. The zero-order chi connectivity index (χ0) is 14.9. The second-order valence-corrected chi connectivity index (χ2v) is 6.36. The van der Waals surface area contributed by atoms with E-state index in [1.54, 1.807) is 7.11 Å². The molecule has 0 bridgehead atoms. The van der Waals surface area contributed by atoms with Crippen LogP contribution < -0.4 is 10.1 Å². The number of aryl methyl sites for hydroxylation is 1. The van der Waals surface area contributed by atoms with E-state index in [-0.39, 0.29) is 0 Å². The molecule has 2 aliphatic rings. The Morgan fingerprint density at radius 3 is 2.91 bits per heavy atom. The van der Waals surface area contributed by atoms with Crippen molar-refractivity contribution in [3.8, 4) is 5.75 Å². The van der Waals surface area contributed by atoms with Crippen molar-refractivity contribution in [2.75, 3.05) is 32.1 Å². The number of likely N-dealkylation sites (tertiary alicyclic amines) is 1. The van der Waals surface area contributed by atoms with Gasteiger partial charge in [0.25, 0.3) is 0 Å². The normalized spacial score (nSPS) is 18.2. The third kappa shape index (κ3) is 2.41. The summed E-state index contributed by atoms with van der Waals surface area (Å²) in [6.07, 6.45) is 6.95. The van der Waals surface area contributed by atoms with Gasteiger partial charge in [-0.15, -0.1) is 0 Å². The molecule has 0 unspecified atom stereocenters. The quantitative estimate of drug-likeness (QED) is 0.944. The van der Waals surface area contributed by atoms with Crippen molar-refractivity contribution in [3.63, 3.8) is 0 Å². The molecule has 1 N–H and O–H groups in total. The average Bonchev–Trinajstić information content (AvgIpc) is 3.06. The molecule has 0 atom stereocenters. The number of aromatic nitrogens is 1. The molecule has 4 rings (SSSR count). The number of anilines is 1. The number of nitrogens with one attached hydrogen (secondary N) is 1. The summed E-state index contributed by atoms with van der Waals surface area (Å²) in [4.78, 5) is 7.21. The second-order valence-electron chi connectivity index (χ2n) is 6.36. The number of ether oxygens (including phenoxy) is 1. The summed E-state index contributed by atoms with van der Waals surface area (Å²) < 4.78 is 5.70. The van der Waals surface area contributed by atoms with Crippen LogP contribution in [0.25, 0.3) is 10.9 Å². The molecule has 0 saturated carbocycles. The van der Waals surface area contributed by atoms with Gasteiger partial charge in [0, 0.05) is 19.3 Å². The molecule has 1 saturated heterocycles. The Bertz CT molecular complexity index is 692. The molecule has 1 aromatic carbocycles. The summed E-state index contributed by atoms with van der Waals surface area (Å²) in [6.45, 7) is 4.45. The van der Waals surface area contributed by atoms with E-state index in [1.165, 1.54) is 49.2 Å². The Labute approximate surface area is 131 Å². The van der Waals surface area contributed by atoms with E-state index in [9.17, 15) is 0 Å². The Morgan fingerprint density at radius 2 is 2.09 bits per heavy atom. The maximum Gasteiger partial charge on any atom is 0.130 e. The van der Waals surface area contributed by atoms with Crippen LogP contribution in [0.1, 0.15) is 30.4 Å². The molecule has 4 nitrogen and oxygen atoms in total. The van der Waals surface area contributed by atoms with Crippen molar-refractivity contribution in [1.82, 2.24) is 9.88 Å². The predicted octanol–water partition coefficient (Wildman–Crippen LogP) is 3.20. The fourth-order valence-corrected chi connectivity index (χ4v) is 3.72. The van der Waals surface area contributed by atoms with Gasteiger partial charge in [-0.25, -0.2) is 0 Å². The summed E-state index contributed by atoms with van der Waals surface area (Å²) in [7, 11) is 1.76. The van der Waals surface area contributed by atoms with Gasteiger partial charge in [-0.3, -0.25) is 9.88 Å². The van der Waals surface area contributed by atoms with Crippen LogP contribution >= 0.6 is 0 Å². The molecule has 4 heteroatoms. The number of rotatable bonds is 3. The number of hydrogen-bond acceptors (Lipinski definition) is 4. The van der Waals surface area contributed by atoms with E-state index >= 15 is 0 Å². The van der Waals surface area contributed by atoms with Crippen LogP contribution in [0.5, 0.6) is 5.75 Å². The number of benzene rings is 1. The van der Waals surface area contributed by atoms with E-state index < -0.39 is 0 Å². The summed E-state index contributed by atoms with van der Waals surface area (Å²) >= 11 is 0. The standard InChI is InChI=1S/C18H23N3O/c1-22-16-10-13(12-21-7-2-3-8-21)9-15-17(16)18-14(11-20-15)5-4-6-19-18/h9-11,19H,2-8,12H2,1H3. The van der Waals surface area contributed by atoms with Crippen molar-refractivity contribution in [3.05, 3.63) is 29.5 Å². The van der Waals surface area contributed by atoms with E-state index in [0.29, 0.717) is 0 Å². The van der Waals surface area contributed by atoms with Crippen LogP contribution in [0.2, 0.25) is 0 Å². The molecule has 0 radical (unpaired) electrons. The second kappa shape index (κ2) is 5.76. The van der Waals surface area contributed by atoms with Crippen molar-refractivity contribution < 1.29 is 4.74 Å². The lowest BCUT2D eigenvalue weighted by molar-refractivity contribution is 0.330. The fraction of sp³-hybridized carbons (Fsp3) is 0.500. The molecule has 2 aromatic rings. The van der Waals surface area contributed by atoms with E-state index in [1.807, 2.05) is 6.20 Å². The van der Waals surface area contributed by atoms with Crippen LogP contribution in [0.15, 0.2) is 18.3 Å². The number of fused-ring (bicyclic) bond motifs is 3. The van der Waals surface area contributed by atoms with Crippen LogP contribution in [0, 0.1) is 0 Å². The average molecular weight is 297 g/mol.